The van der Waals surface area contributed by atoms with Crippen molar-refractivity contribution in [1.82, 2.24) is 0 Å². The molecule has 3 heterocycles. The molecule has 2 aromatic carbocycles. The van der Waals surface area contributed by atoms with Crippen molar-refractivity contribution in [1.29, 1.82) is 0 Å². The van der Waals surface area contributed by atoms with Crippen LogP contribution in [0.4, 0.5) is 15.8 Å². The molecule has 0 aliphatic carbocycles. The molecule has 1 N–H and O–H groups in total. The number of nitrogens with zero attached hydrogens (tertiary/aromatic N) is 1. The van der Waals surface area contributed by atoms with Crippen LogP contribution in [0.2, 0.25) is 0 Å². The molecule has 5 rings (SSSR count). The van der Waals surface area contributed by atoms with Gasteiger partial charge >= 0.3 is 0 Å². The molecule has 0 radical (unpaired) electrons. The lowest BCUT2D eigenvalue weighted by Crippen LogP contribution is -2.38. The van der Waals surface area contributed by atoms with E-state index in [1.165, 1.54) is 46.1 Å². The van der Waals surface area contributed by atoms with Gasteiger partial charge in [0.25, 0.3) is 10.0 Å². The third-order valence-corrected chi connectivity index (χ3v) is 7.56. The third-order valence-electron chi connectivity index (χ3n) is 4.89. The Hall–Kier alpha value is -3.37. The van der Waals surface area contributed by atoms with E-state index >= 15 is 0 Å². The number of rotatable bonds is 4. The molecule has 0 saturated carbocycles. The quantitative estimate of drug-likeness (QED) is 0.593. The minimum atomic E-state index is -4.15. The zero-order valence-corrected chi connectivity index (χ0v) is 17.5. The number of allylic oxidation sites excluding steroid dienone is 1. The first kappa shape index (κ1) is 19.6. The molecule has 0 fully saturated rings. The van der Waals surface area contributed by atoms with Gasteiger partial charge in [0.1, 0.15) is 10.7 Å². The number of halogens is 1. The van der Waals surface area contributed by atoms with Crippen molar-refractivity contribution in [2.45, 2.75) is 6.54 Å². The van der Waals surface area contributed by atoms with Gasteiger partial charge in [0.2, 0.25) is 12.6 Å². The van der Waals surface area contributed by atoms with Gasteiger partial charge in [-0.1, -0.05) is 12.1 Å². The zero-order valence-electron chi connectivity index (χ0n) is 15.9. The number of nitrogens with one attached hydrogen (secondary N) is 1. The molecule has 31 heavy (non-hydrogen) atoms. The van der Waals surface area contributed by atoms with E-state index < -0.39 is 21.6 Å². The lowest BCUT2D eigenvalue weighted by molar-refractivity contribution is 0.104. The number of hydrogen-bond donors (Lipinski definition) is 1. The molecule has 0 bridgehead atoms. The monoisotopic (exact) mass is 458 g/mol. The van der Waals surface area contributed by atoms with Crippen LogP contribution in [0.15, 0.2) is 65.0 Å². The number of carbonyl (C=O) groups is 1. The molecule has 0 saturated heterocycles. The largest absolute Gasteiger partial charge is 0.454 e. The Bertz CT molecular complexity index is 1320. The Morgan fingerprint density at radius 1 is 1.10 bits per heavy atom. The van der Waals surface area contributed by atoms with Gasteiger partial charge in [0.05, 0.1) is 12.2 Å². The number of carbonyl (C=O) groups excluding carboxylic acids is 1. The summed E-state index contributed by atoms with van der Waals surface area (Å²) in [6.07, 6.45) is 1.19. The standard InChI is InChI=1S/C21H15FN2O5S2/c22-14-3-1-13(2-4-14)11-24-16-7-8-30-21(16)20(25)19(31(24,26)27)10-23-15-5-6-17-18(9-15)29-12-28-17/h1-10,23H,11-12H2/b19-10-. The fourth-order valence-corrected chi connectivity index (χ4v) is 5.83. The maximum Gasteiger partial charge on any atom is 0.270 e. The fraction of sp³-hybridized carbons (Fsp3) is 0.0952. The number of fused-ring (bicyclic) bond motifs is 2. The highest BCUT2D eigenvalue weighted by Gasteiger charge is 2.41. The highest BCUT2D eigenvalue weighted by molar-refractivity contribution is 7.97. The van der Waals surface area contributed by atoms with Crippen LogP contribution in [-0.2, 0) is 16.6 Å². The van der Waals surface area contributed by atoms with Crippen molar-refractivity contribution >= 4 is 38.5 Å². The molecule has 2 aliphatic heterocycles. The highest BCUT2D eigenvalue weighted by Crippen LogP contribution is 2.40. The van der Waals surface area contributed by atoms with Gasteiger partial charge in [-0.25, -0.2) is 12.8 Å². The van der Waals surface area contributed by atoms with Crippen LogP contribution in [0.5, 0.6) is 11.5 Å². The Labute approximate surface area is 181 Å². The lowest BCUT2D eigenvalue weighted by Gasteiger charge is -2.29. The van der Waals surface area contributed by atoms with E-state index in [0.717, 1.165) is 0 Å². The number of ether oxygens (including phenoxy) is 2. The van der Waals surface area contributed by atoms with Crippen molar-refractivity contribution in [2.75, 3.05) is 16.4 Å². The predicted octanol–water partition coefficient (Wildman–Crippen LogP) is 4.10. The van der Waals surface area contributed by atoms with Gasteiger partial charge in [-0.15, -0.1) is 11.3 Å². The van der Waals surface area contributed by atoms with Gasteiger partial charge in [0, 0.05) is 18.0 Å². The summed E-state index contributed by atoms with van der Waals surface area (Å²) in [5, 5.41) is 4.55. The SMILES string of the molecule is O=C1/C(=C/Nc2ccc3c(c2)OCO3)S(=O)(=O)N(Cc2ccc(F)cc2)c2ccsc21. The lowest BCUT2D eigenvalue weighted by atomic mass is 10.2. The normalized spacial score (nSPS) is 17.6. The number of anilines is 2. The van der Waals surface area contributed by atoms with E-state index in [-0.39, 0.29) is 18.2 Å². The minimum absolute atomic E-state index is 0.0268. The molecule has 2 aliphatic rings. The van der Waals surface area contributed by atoms with Crippen LogP contribution in [0.1, 0.15) is 15.2 Å². The first-order valence-electron chi connectivity index (χ1n) is 9.19. The van der Waals surface area contributed by atoms with Crippen molar-refractivity contribution < 1.29 is 27.1 Å². The molecule has 158 valence electrons. The number of sulfonamides is 1. The second-order valence-electron chi connectivity index (χ2n) is 6.82. The Balaban J connectivity index is 1.51. The van der Waals surface area contributed by atoms with Gasteiger partial charge in [-0.3, -0.25) is 9.10 Å². The first-order chi connectivity index (χ1) is 14.9. The van der Waals surface area contributed by atoms with Crippen LogP contribution >= 0.6 is 11.3 Å². The van der Waals surface area contributed by atoms with Crippen LogP contribution in [0.25, 0.3) is 0 Å². The van der Waals surface area contributed by atoms with E-state index in [4.69, 9.17) is 9.47 Å². The van der Waals surface area contributed by atoms with Gasteiger partial charge in [-0.05, 0) is 41.3 Å². The summed E-state index contributed by atoms with van der Waals surface area (Å²) in [5.41, 5.74) is 1.46. The second-order valence-corrected chi connectivity index (χ2v) is 9.57. The molecule has 3 aromatic rings. The summed E-state index contributed by atoms with van der Waals surface area (Å²) >= 11 is 1.17. The van der Waals surface area contributed by atoms with E-state index in [1.807, 2.05) is 0 Å². The van der Waals surface area contributed by atoms with Crippen molar-refractivity contribution in [3.8, 4) is 11.5 Å². The molecule has 10 heteroatoms. The fourth-order valence-electron chi connectivity index (χ4n) is 3.35. The number of benzene rings is 2. The maximum atomic E-state index is 13.3. The summed E-state index contributed by atoms with van der Waals surface area (Å²) in [4.78, 5) is 12.9. The molecule has 0 amide bonds. The number of Topliss-reactive ketones (excluding diaryl/α,β-unsaturated/α-hetero) is 1. The van der Waals surface area contributed by atoms with E-state index in [1.54, 1.807) is 29.6 Å². The van der Waals surface area contributed by atoms with Crippen LogP contribution in [0.3, 0.4) is 0 Å². The molecule has 0 atom stereocenters. The van der Waals surface area contributed by atoms with Gasteiger partial charge < -0.3 is 14.8 Å². The van der Waals surface area contributed by atoms with Gasteiger partial charge in [-0.2, -0.15) is 0 Å². The average molecular weight is 458 g/mol. The highest BCUT2D eigenvalue weighted by atomic mass is 32.2. The minimum Gasteiger partial charge on any atom is -0.454 e. The van der Waals surface area contributed by atoms with Crippen LogP contribution in [-0.4, -0.2) is 21.0 Å². The van der Waals surface area contributed by atoms with E-state index in [0.29, 0.717) is 33.3 Å². The summed E-state index contributed by atoms with van der Waals surface area (Å²) in [6, 6.07) is 12.2. The Kier molecular flexibility index (Phi) is 4.67. The van der Waals surface area contributed by atoms with Gasteiger partial charge in [0.15, 0.2) is 16.4 Å². The number of ketones is 1. The van der Waals surface area contributed by atoms with Crippen LogP contribution < -0.4 is 19.1 Å². The summed E-state index contributed by atoms with van der Waals surface area (Å²) < 4.78 is 51.7. The molecule has 1 aromatic heterocycles. The predicted molar refractivity (Wildman–Crippen MR) is 114 cm³/mol. The summed E-state index contributed by atoms with van der Waals surface area (Å²) in [6.45, 7) is 0.0905. The first-order valence-corrected chi connectivity index (χ1v) is 11.5. The molecule has 0 spiro atoms. The average Bonchev–Trinajstić information content (AvgIpc) is 3.41. The second kappa shape index (κ2) is 7.40. The number of hydrogen-bond acceptors (Lipinski definition) is 7. The van der Waals surface area contributed by atoms with Crippen molar-refractivity contribution in [3.05, 3.63) is 81.3 Å². The smallest absolute Gasteiger partial charge is 0.270 e. The molecule has 7 nitrogen and oxygen atoms in total. The summed E-state index contributed by atoms with van der Waals surface area (Å²) in [5.74, 6) is 0.131. The van der Waals surface area contributed by atoms with E-state index in [9.17, 15) is 17.6 Å². The Morgan fingerprint density at radius 2 is 1.87 bits per heavy atom. The molecule has 0 unspecified atom stereocenters. The zero-order chi connectivity index (χ0) is 21.6. The topological polar surface area (TPSA) is 84.9 Å². The number of thiophene rings is 1. The van der Waals surface area contributed by atoms with Crippen molar-refractivity contribution in [2.24, 2.45) is 0 Å². The van der Waals surface area contributed by atoms with Crippen molar-refractivity contribution in [3.63, 3.8) is 0 Å². The molecular weight excluding hydrogens is 443 g/mol. The summed E-state index contributed by atoms with van der Waals surface area (Å²) in [7, 11) is -4.15. The maximum absolute atomic E-state index is 13.3. The molecular formula is C21H15FN2O5S2. The van der Waals surface area contributed by atoms with Crippen LogP contribution in [0, 0.1) is 5.82 Å². The van der Waals surface area contributed by atoms with E-state index in [2.05, 4.69) is 5.32 Å². The Morgan fingerprint density at radius 3 is 2.68 bits per heavy atom. The third kappa shape index (κ3) is 3.43.